The molecule has 0 amide bonds. The minimum Gasteiger partial charge on any atom is -0.300 e. The molecule has 3 aliphatic rings. The van der Waals surface area contributed by atoms with E-state index in [4.69, 9.17) is 0 Å². The Morgan fingerprint density at radius 1 is 0.786 bits per heavy atom. The Morgan fingerprint density at radius 2 is 1.36 bits per heavy atom. The fraction of sp³-hybridized carbons (Fsp3) is 1.00. The third-order valence-corrected chi connectivity index (χ3v) is 5.20. The molecule has 2 aliphatic heterocycles. The van der Waals surface area contributed by atoms with Gasteiger partial charge in [0.15, 0.2) is 0 Å². The summed E-state index contributed by atoms with van der Waals surface area (Å²) < 4.78 is 0. The van der Waals surface area contributed by atoms with E-state index in [0.717, 1.165) is 23.9 Å². The molecule has 3 rings (SSSR count). The molecule has 2 unspecified atom stereocenters. The third-order valence-electron chi connectivity index (χ3n) is 5.20. The van der Waals surface area contributed by atoms with Crippen LogP contribution in [0.15, 0.2) is 0 Å². The van der Waals surface area contributed by atoms with E-state index in [1.165, 1.54) is 38.5 Å². The Hall–Kier alpha value is -0.0400. The molecule has 1 nitrogen and oxygen atoms in total. The quantitative estimate of drug-likeness (QED) is 0.618. The maximum absolute atomic E-state index is 2.67. The summed E-state index contributed by atoms with van der Waals surface area (Å²) in [6.07, 6.45) is 12.2. The van der Waals surface area contributed by atoms with Gasteiger partial charge < -0.3 is 4.90 Å². The van der Waals surface area contributed by atoms with Crippen molar-refractivity contribution in [3.05, 3.63) is 0 Å². The largest absolute Gasteiger partial charge is 0.300 e. The van der Waals surface area contributed by atoms with E-state index in [-0.39, 0.29) is 0 Å². The van der Waals surface area contributed by atoms with E-state index in [1.807, 2.05) is 0 Å². The lowest BCUT2D eigenvalue weighted by atomic mass is 9.80. The van der Waals surface area contributed by atoms with E-state index in [1.54, 1.807) is 12.8 Å². The summed E-state index contributed by atoms with van der Waals surface area (Å²) in [6, 6.07) is 1.92. The maximum atomic E-state index is 2.67. The highest BCUT2D eigenvalue weighted by Gasteiger charge is 2.41. The van der Waals surface area contributed by atoms with Crippen LogP contribution in [0, 0.1) is 11.8 Å². The molecule has 14 heavy (non-hydrogen) atoms. The molecule has 1 heteroatoms. The van der Waals surface area contributed by atoms with Crippen molar-refractivity contribution in [3.63, 3.8) is 0 Å². The van der Waals surface area contributed by atoms with Crippen LogP contribution in [-0.2, 0) is 0 Å². The molecule has 80 valence electrons. The maximum Gasteiger partial charge on any atom is 0.00984 e. The zero-order chi connectivity index (χ0) is 9.54. The monoisotopic (exact) mass is 193 g/mol. The summed E-state index contributed by atoms with van der Waals surface area (Å²) in [5.41, 5.74) is 0. The molecule has 0 aromatic carbocycles. The first-order valence-electron chi connectivity index (χ1n) is 6.56. The van der Waals surface area contributed by atoms with Crippen molar-refractivity contribution in [2.75, 3.05) is 7.05 Å². The van der Waals surface area contributed by atoms with Crippen LogP contribution in [0.2, 0.25) is 0 Å². The molecule has 2 saturated heterocycles. The van der Waals surface area contributed by atoms with E-state index < -0.39 is 0 Å². The highest BCUT2D eigenvalue weighted by molar-refractivity contribution is 4.95. The summed E-state index contributed by atoms with van der Waals surface area (Å²) in [5.74, 6) is 2.22. The van der Waals surface area contributed by atoms with Crippen LogP contribution in [0.1, 0.15) is 51.4 Å². The average molecular weight is 193 g/mol. The predicted octanol–water partition coefficient (Wildman–Crippen LogP) is 3.05. The van der Waals surface area contributed by atoms with Crippen LogP contribution >= 0.6 is 0 Å². The van der Waals surface area contributed by atoms with Crippen LogP contribution in [0.5, 0.6) is 0 Å². The van der Waals surface area contributed by atoms with Crippen LogP contribution in [0.4, 0.5) is 0 Å². The van der Waals surface area contributed by atoms with Crippen molar-refractivity contribution in [3.8, 4) is 0 Å². The highest BCUT2D eigenvalue weighted by atomic mass is 15.2. The number of fused-ring (bicyclic) bond motifs is 2. The van der Waals surface area contributed by atoms with E-state index in [0.29, 0.717) is 0 Å². The lowest BCUT2D eigenvalue weighted by molar-refractivity contribution is 0.103. The summed E-state index contributed by atoms with van der Waals surface area (Å²) >= 11 is 0. The topological polar surface area (TPSA) is 3.24 Å². The van der Waals surface area contributed by atoms with Gasteiger partial charge in [-0.3, -0.25) is 0 Å². The molecule has 2 heterocycles. The first kappa shape index (κ1) is 9.21. The van der Waals surface area contributed by atoms with Gasteiger partial charge in [-0.05, 0) is 44.6 Å². The molecule has 2 atom stereocenters. The van der Waals surface area contributed by atoms with E-state index in [9.17, 15) is 0 Å². The fourth-order valence-corrected chi connectivity index (χ4v) is 4.27. The van der Waals surface area contributed by atoms with E-state index >= 15 is 0 Å². The molecular weight excluding hydrogens is 170 g/mol. The van der Waals surface area contributed by atoms with Gasteiger partial charge in [0.2, 0.25) is 0 Å². The molecule has 1 aliphatic carbocycles. The van der Waals surface area contributed by atoms with Gasteiger partial charge in [0.1, 0.15) is 0 Å². The number of piperidine rings is 1. The Bertz CT molecular complexity index is 193. The SMILES string of the molecule is CN1C2CCC1CC(C1CCCC1)C2. The first-order valence-corrected chi connectivity index (χ1v) is 6.56. The normalized spacial score (nSPS) is 44.8. The average Bonchev–Trinajstić information content (AvgIpc) is 2.75. The first-order chi connectivity index (χ1) is 6.84. The second kappa shape index (κ2) is 3.52. The van der Waals surface area contributed by atoms with Crippen LogP contribution < -0.4 is 0 Å². The van der Waals surface area contributed by atoms with Gasteiger partial charge in [0.25, 0.3) is 0 Å². The number of rotatable bonds is 1. The Balaban J connectivity index is 1.67. The Kier molecular flexibility index (Phi) is 2.31. The second-order valence-corrected chi connectivity index (χ2v) is 5.83. The molecule has 0 spiro atoms. The molecule has 3 fully saturated rings. The number of nitrogens with zero attached hydrogens (tertiary/aromatic N) is 1. The van der Waals surface area contributed by atoms with Gasteiger partial charge >= 0.3 is 0 Å². The summed E-state index contributed by atoms with van der Waals surface area (Å²) in [6.45, 7) is 0. The third kappa shape index (κ3) is 1.41. The van der Waals surface area contributed by atoms with Gasteiger partial charge in [0.05, 0.1) is 0 Å². The molecule has 0 radical (unpaired) electrons. The lowest BCUT2D eigenvalue weighted by Crippen LogP contribution is -2.41. The molecule has 1 saturated carbocycles. The number of hydrogen-bond acceptors (Lipinski definition) is 1. The minimum absolute atomic E-state index is 0.958. The van der Waals surface area contributed by atoms with Gasteiger partial charge in [-0.1, -0.05) is 25.7 Å². The summed E-state index contributed by atoms with van der Waals surface area (Å²) in [5, 5.41) is 0. The Labute approximate surface area is 87.9 Å². The van der Waals surface area contributed by atoms with Gasteiger partial charge in [-0.15, -0.1) is 0 Å². The smallest absolute Gasteiger partial charge is 0.00984 e. The predicted molar refractivity (Wildman–Crippen MR) is 59.3 cm³/mol. The van der Waals surface area contributed by atoms with E-state index in [2.05, 4.69) is 11.9 Å². The van der Waals surface area contributed by atoms with Crippen molar-refractivity contribution < 1.29 is 0 Å². The minimum atomic E-state index is 0.958. The zero-order valence-electron chi connectivity index (χ0n) is 9.41. The second-order valence-electron chi connectivity index (χ2n) is 5.83. The molecule has 2 bridgehead atoms. The van der Waals surface area contributed by atoms with Crippen molar-refractivity contribution in [1.29, 1.82) is 0 Å². The lowest BCUT2D eigenvalue weighted by Gasteiger charge is -2.38. The van der Waals surface area contributed by atoms with Crippen LogP contribution in [0.25, 0.3) is 0 Å². The number of hydrogen-bond donors (Lipinski definition) is 0. The fourth-order valence-electron chi connectivity index (χ4n) is 4.27. The standard InChI is InChI=1S/C13H23N/c1-14-12-6-7-13(14)9-11(8-12)10-4-2-3-5-10/h10-13H,2-9H2,1H3. The van der Waals surface area contributed by atoms with Crippen molar-refractivity contribution in [1.82, 2.24) is 4.90 Å². The summed E-state index contributed by atoms with van der Waals surface area (Å²) in [4.78, 5) is 2.67. The molecule has 0 aromatic rings. The van der Waals surface area contributed by atoms with Crippen LogP contribution in [-0.4, -0.2) is 24.0 Å². The zero-order valence-corrected chi connectivity index (χ0v) is 9.41. The molecule has 0 N–H and O–H groups in total. The van der Waals surface area contributed by atoms with Crippen LogP contribution in [0.3, 0.4) is 0 Å². The molecular formula is C13H23N. The van der Waals surface area contributed by atoms with Gasteiger partial charge in [-0.25, -0.2) is 0 Å². The van der Waals surface area contributed by atoms with Crippen molar-refractivity contribution in [2.24, 2.45) is 11.8 Å². The summed E-state index contributed by atoms with van der Waals surface area (Å²) in [7, 11) is 2.35. The van der Waals surface area contributed by atoms with Gasteiger partial charge in [0, 0.05) is 12.1 Å². The van der Waals surface area contributed by atoms with Gasteiger partial charge in [-0.2, -0.15) is 0 Å². The Morgan fingerprint density at radius 3 is 1.93 bits per heavy atom. The highest BCUT2D eigenvalue weighted by Crippen LogP contribution is 2.44. The van der Waals surface area contributed by atoms with Crippen molar-refractivity contribution in [2.45, 2.75) is 63.5 Å². The van der Waals surface area contributed by atoms with Crippen molar-refractivity contribution >= 4 is 0 Å². The molecule has 0 aromatic heterocycles.